The second-order valence-corrected chi connectivity index (χ2v) is 4.16. The van der Waals surface area contributed by atoms with Crippen LogP contribution in [0.3, 0.4) is 0 Å². The zero-order valence-electron chi connectivity index (χ0n) is 8.88. The Hall–Kier alpha value is -0.770. The van der Waals surface area contributed by atoms with Gasteiger partial charge in [-0.3, -0.25) is 0 Å². The van der Waals surface area contributed by atoms with Crippen molar-refractivity contribution in [1.82, 2.24) is 10.6 Å². The van der Waals surface area contributed by atoms with Crippen LogP contribution in [0.15, 0.2) is 0 Å². The van der Waals surface area contributed by atoms with Gasteiger partial charge in [-0.2, -0.15) is 0 Å². The first kappa shape index (κ1) is 11.3. The van der Waals surface area contributed by atoms with Crippen molar-refractivity contribution in [3.63, 3.8) is 0 Å². The summed E-state index contributed by atoms with van der Waals surface area (Å²) in [5.41, 5.74) is 5.42. The smallest absolute Gasteiger partial charge is 0.315 e. The molecule has 1 aliphatic carbocycles. The Morgan fingerprint density at radius 1 is 1.57 bits per heavy atom. The Labute approximate surface area is 85.6 Å². The second-order valence-electron chi connectivity index (χ2n) is 4.16. The summed E-state index contributed by atoms with van der Waals surface area (Å²) in [5.74, 6) is 0.465. The Balaban J connectivity index is 2.01. The standard InChI is InChI=1S/C10H21N3O/c1-8(5-6-11)7-12-10(14)13-9-3-2-4-9/h8-9H,2-7,11H2,1H3,(H2,12,13,14). The lowest BCUT2D eigenvalue weighted by molar-refractivity contribution is 0.226. The number of amides is 2. The minimum atomic E-state index is -0.0291. The fourth-order valence-corrected chi connectivity index (χ4v) is 1.44. The van der Waals surface area contributed by atoms with Gasteiger partial charge in [-0.15, -0.1) is 0 Å². The molecule has 1 aliphatic rings. The number of carbonyl (C=O) groups excluding carboxylic acids is 1. The summed E-state index contributed by atoms with van der Waals surface area (Å²) in [6.07, 6.45) is 4.47. The van der Waals surface area contributed by atoms with Crippen LogP contribution in [0.1, 0.15) is 32.6 Å². The number of carbonyl (C=O) groups is 1. The normalized spacial score (nSPS) is 18.4. The lowest BCUT2D eigenvalue weighted by Crippen LogP contribution is -2.46. The molecule has 0 heterocycles. The van der Waals surface area contributed by atoms with E-state index in [2.05, 4.69) is 17.6 Å². The zero-order chi connectivity index (χ0) is 10.4. The fraction of sp³-hybridized carbons (Fsp3) is 0.900. The molecule has 1 atom stereocenters. The third-order valence-electron chi connectivity index (χ3n) is 2.71. The molecule has 82 valence electrons. The van der Waals surface area contributed by atoms with Crippen LogP contribution in [0.25, 0.3) is 0 Å². The Morgan fingerprint density at radius 2 is 2.29 bits per heavy atom. The number of rotatable bonds is 5. The van der Waals surface area contributed by atoms with Crippen molar-refractivity contribution >= 4 is 6.03 Å². The van der Waals surface area contributed by atoms with E-state index in [0.29, 0.717) is 18.5 Å². The van der Waals surface area contributed by atoms with E-state index in [-0.39, 0.29) is 6.03 Å². The van der Waals surface area contributed by atoms with Gasteiger partial charge in [0.1, 0.15) is 0 Å². The first-order valence-electron chi connectivity index (χ1n) is 5.46. The summed E-state index contributed by atoms with van der Waals surface area (Å²) < 4.78 is 0. The quantitative estimate of drug-likeness (QED) is 0.613. The molecule has 1 saturated carbocycles. The summed E-state index contributed by atoms with van der Waals surface area (Å²) in [5, 5.41) is 5.79. The molecule has 0 bridgehead atoms. The molecule has 0 aromatic carbocycles. The van der Waals surface area contributed by atoms with Gasteiger partial charge in [0.05, 0.1) is 0 Å². The lowest BCUT2D eigenvalue weighted by atomic mass is 9.93. The van der Waals surface area contributed by atoms with Crippen LogP contribution in [-0.4, -0.2) is 25.2 Å². The maximum atomic E-state index is 11.3. The molecule has 4 heteroatoms. The molecule has 2 amide bonds. The van der Waals surface area contributed by atoms with Crippen LogP contribution in [0.5, 0.6) is 0 Å². The average molecular weight is 199 g/mol. The summed E-state index contributed by atoms with van der Waals surface area (Å²) in [4.78, 5) is 11.3. The van der Waals surface area contributed by atoms with Crippen molar-refractivity contribution in [3.05, 3.63) is 0 Å². The van der Waals surface area contributed by atoms with Crippen molar-refractivity contribution < 1.29 is 4.79 Å². The van der Waals surface area contributed by atoms with E-state index >= 15 is 0 Å². The maximum absolute atomic E-state index is 11.3. The first-order valence-corrected chi connectivity index (χ1v) is 5.46. The average Bonchev–Trinajstić information content (AvgIpc) is 2.09. The van der Waals surface area contributed by atoms with Crippen molar-refractivity contribution in [2.45, 2.75) is 38.6 Å². The number of hydrogen-bond donors (Lipinski definition) is 3. The third-order valence-corrected chi connectivity index (χ3v) is 2.71. The van der Waals surface area contributed by atoms with Gasteiger partial charge in [0.25, 0.3) is 0 Å². The highest BCUT2D eigenvalue weighted by Gasteiger charge is 2.19. The van der Waals surface area contributed by atoms with Crippen LogP contribution in [0.2, 0.25) is 0 Å². The Morgan fingerprint density at radius 3 is 2.79 bits per heavy atom. The number of nitrogens with one attached hydrogen (secondary N) is 2. The van der Waals surface area contributed by atoms with E-state index in [1.807, 2.05) is 0 Å². The molecule has 0 aromatic heterocycles. The molecule has 0 saturated heterocycles. The third kappa shape index (κ3) is 3.96. The largest absolute Gasteiger partial charge is 0.338 e. The van der Waals surface area contributed by atoms with Crippen LogP contribution >= 0.6 is 0 Å². The van der Waals surface area contributed by atoms with Gasteiger partial charge in [-0.1, -0.05) is 6.92 Å². The summed E-state index contributed by atoms with van der Waals surface area (Å²) in [6, 6.07) is 0.387. The van der Waals surface area contributed by atoms with E-state index in [9.17, 15) is 4.79 Å². The number of urea groups is 1. The fourth-order valence-electron chi connectivity index (χ4n) is 1.44. The monoisotopic (exact) mass is 199 g/mol. The highest BCUT2D eigenvalue weighted by Crippen LogP contribution is 2.17. The van der Waals surface area contributed by atoms with Gasteiger partial charge in [0, 0.05) is 12.6 Å². The van der Waals surface area contributed by atoms with Crippen molar-refractivity contribution in [2.75, 3.05) is 13.1 Å². The lowest BCUT2D eigenvalue weighted by Gasteiger charge is -2.26. The summed E-state index contributed by atoms with van der Waals surface area (Å²) >= 11 is 0. The predicted molar refractivity (Wildman–Crippen MR) is 57.0 cm³/mol. The predicted octanol–water partition coefficient (Wildman–Crippen LogP) is 0.823. The number of hydrogen-bond acceptors (Lipinski definition) is 2. The first-order chi connectivity index (χ1) is 6.72. The van der Waals surface area contributed by atoms with Gasteiger partial charge in [0.15, 0.2) is 0 Å². The molecular weight excluding hydrogens is 178 g/mol. The Kier molecular flexibility index (Phi) is 4.73. The van der Waals surface area contributed by atoms with Crippen molar-refractivity contribution in [1.29, 1.82) is 0 Å². The van der Waals surface area contributed by atoms with Crippen molar-refractivity contribution in [3.8, 4) is 0 Å². The van der Waals surface area contributed by atoms with Crippen molar-refractivity contribution in [2.24, 2.45) is 11.7 Å². The van der Waals surface area contributed by atoms with Crippen LogP contribution in [0.4, 0.5) is 4.79 Å². The van der Waals surface area contributed by atoms with Gasteiger partial charge < -0.3 is 16.4 Å². The molecule has 4 nitrogen and oxygen atoms in total. The molecule has 4 N–H and O–H groups in total. The molecule has 1 rings (SSSR count). The molecule has 0 aromatic rings. The van der Waals surface area contributed by atoms with E-state index in [0.717, 1.165) is 25.8 Å². The zero-order valence-corrected chi connectivity index (χ0v) is 8.88. The highest BCUT2D eigenvalue weighted by atomic mass is 16.2. The number of nitrogens with two attached hydrogens (primary N) is 1. The molecule has 0 spiro atoms. The van der Waals surface area contributed by atoms with E-state index in [1.165, 1.54) is 6.42 Å². The van der Waals surface area contributed by atoms with Crippen LogP contribution < -0.4 is 16.4 Å². The van der Waals surface area contributed by atoms with Gasteiger partial charge in [0.2, 0.25) is 0 Å². The maximum Gasteiger partial charge on any atom is 0.315 e. The second kappa shape index (κ2) is 5.86. The van der Waals surface area contributed by atoms with Crippen LogP contribution in [0, 0.1) is 5.92 Å². The van der Waals surface area contributed by atoms with E-state index in [1.54, 1.807) is 0 Å². The van der Waals surface area contributed by atoms with E-state index in [4.69, 9.17) is 5.73 Å². The van der Waals surface area contributed by atoms with Gasteiger partial charge in [-0.25, -0.2) is 4.79 Å². The Bertz CT molecular complexity index is 180. The topological polar surface area (TPSA) is 67.1 Å². The highest BCUT2D eigenvalue weighted by molar-refractivity contribution is 5.74. The molecule has 1 fully saturated rings. The molecule has 0 radical (unpaired) electrons. The molecule has 0 aliphatic heterocycles. The van der Waals surface area contributed by atoms with Crippen LogP contribution in [-0.2, 0) is 0 Å². The minimum Gasteiger partial charge on any atom is -0.338 e. The van der Waals surface area contributed by atoms with Gasteiger partial charge >= 0.3 is 6.03 Å². The van der Waals surface area contributed by atoms with E-state index < -0.39 is 0 Å². The molecular formula is C10H21N3O. The molecule has 1 unspecified atom stereocenters. The molecule has 14 heavy (non-hydrogen) atoms. The summed E-state index contributed by atoms with van der Waals surface area (Å²) in [7, 11) is 0. The summed E-state index contributed by atoms with van der Waals surface area (Å²) in [6.45, 7) is 3.50. The minimum absolute atomic E-state index is 0.0291. The van der Waals surface area contributed by atoms with Gasteiger partial charge in [-0.05, 0) is 38.1 Å². The SMILES string of the molecule is CC(CCN)CNC(=O)NC1CCC1.